The molecule has 1 fully saturated rings. The van der Waals surface area contributed by atoms with Crippen molar-refractivity contribution in [2.75, 3.05) is 47.4 Å². The largest absolute Gasteiger partial charge is 0.459 e. The van der Waals surface area contributed by atoms with Gasteiger partial charge in [0.05, 0.1) is 12.6 Å². The van der Waals surface area contributed by atoms with E-state index in [1.54, 1.807) is 48.7 Å². The van der Waals surface area contributed by atoms with Gasteiger partial charge in [0.25, 0.3) is 0 Å². The fourth-order valence-electron chi connectivity index (χ4n) is 7.46. The average Bonchev–Trinajstić information content (AvgIpc) is 3.15. The molecule has 6 atom stereocenters. The minimum absolute atomic E-state index is 0.0872. The minimum Gasteiger partial charge on any atom is -0.459 e. The van der Waals surface area contributed by atoms with Crippen LogP contribution in [0.5, 0.6) is 0 Å². The maximum atomic E-state index is 14.4. The Hall–Kier alpha value is -4.27. The zero-order valence-electron chi connectivity index (χ0n) is 40.8. The predicted molar refractivity (Wildman–Crippen MR) is 245 cm³/mol. The summed E-state index contributed by atoms with van der Waals surface area (Å²) in [5.74, 6) is -3.31. The van der Waals surface area contributed by atoms with Crippen molar-refractivity contribution in [1.82, 2.24) is 24.5 Å². The predicted octanol–water partition coefficient (Wildman–Crippen LogP) is 6.45. The van der Waals surface area contributed by atoms with Crippen molar-refractivity contribution in [3.8, 4) is 0 Å². The van der Waals surface area contributed by atoms with Crippen LogP contribution in [-0.4, -0.2) is 151 Å². The van der Waals surface area contributed by atoms with Crippen LogP contribution in [0, 0.1) is 24.7 Å². The molecule has 14 nitrogen and oxygen atoms in total. The highest BCUT2D eigenvalue weighted by molar-refractivity contribution is 6.76. The van der Waals surface area contributed by atoms with Crippen molar-refractivity contribution in [2.24, 2.45) is 17.8 Å². The number of benzene rings is 1. The summed E-state index contributed by atoms with van der Waals surface area (Å²) in [5, 5.41) is 0. The van der Waals surface area contributed by atoms with Crippen LogP contribution in [0.15, 0.2) is 24.3 Å². The molecule has 62 heavy (non-hydrogen) atoms. The van der Waals surface area contributed by atoms with Crippen LogP contribution in [0.25, 0.3) is 0 Å². The van der Waals surface area contributed by atoms with Gasteiger partial charge in [-0.05, 0) is 77.8 Å². The summed E-state index contributed by atoms with van der Waals surface area (Å²) in [4.78, 5) is 104. The molecule has 2 rings (SSSR count). The smallest absolute Gasteiger partial charge is 0.410 e. The van der Waals surface area contributed by atoms with Gasteiger partial charge in [0.15, 0.2) is 5.78 Å². The highest BCUT2D eigenvalue weighted by Crippen LogP contribution is 2.28. The summed E-state index contributed by atoms with van der Waals surface area (Å²) in [7, 11) is 3.17. The van der Waals surface area contributed by atoms with E-state index in [2.05, 4.69) is 19.6 Å². The summed E-state index contributed by atoms with van der Waals surface area (Å²) in [5.41, 5.74) is 1.13. The maximum absolute atomic E-state index is 14.4. The van der Waals surface area contributed by atoms with E-state index in [1.807, 2.05) is 58.9 Å². The third kappa shape index (κ3) is 15.8. The standard InChI is InChI=1S/C47H79N5O9Si/c1-17-33(6)36(29-40(53)38(27-31(3)4)50(13)46(59)60-25-26-62(14,15)16)43(56)49(12)34(7)42(55)52-24-23-37(52)45(58)51(18-2)39(28-35-21-19-32(5)20-22-35)44(57)48(11)30-41(54)61-47(8,9)10/h19-22,31,33-34,36-39H,17-18,23-30H2,1-16H3/t33-,34-,36-,37-,38-,39-/m0/s1. The molecule has 0 N–H and O–H groups in total. The van der Waals surface area contributed by atoms with Crippen molar-refractivity contribution in [2.45, 2.75) is 157 Å². The lowest BCUT2D eigenvalue weighted by atomic mass is 9.83. The molecular weight excluding hydrogens is 807 g/mol. The van der Waals surface area contributed by atoms with Gasteiger partial charge in [-0.2, -0.15) is 0 Å². The van der Waals surface area contributed by atoms with Crippen molar-refractivity contribution in [3.63, 3.8) is 0 Å². The number of Topliss-reactive ketones (excluding diaryl/α,β-unsaturated/α-hetero) is 1. The number of ketones is 1. The van der Waals surface area contributed by atoms with Gasteiger partial charge < -0.3 is 34.0 Å². The van der Waals surface area contributed by atoms with Crippen LogP contribution < -0.4 is 0 Å². The maximum Gasteiger partial charge on any atom is 0.410 e. The van der Waals surface area contributed by atoms with E-state index in [4.69, 9.17) is 9.47 Å². The Balaban J connectivity index is 2.32. The highest BCUT2D eigenvalue weighted by atomic mass is 28.3. The molecule has 0 saturated carbocycles. The van der Waals surface area contributed by atoms with Crippen LogP contribution in [0.4, 0.5) is 4.79 Å². The van der Waals surface area contributed by atoms with Crippen LogP contribution in [0.2, 0.25) is 25.7 Å². The zero-order valence-corrected chi connectivity index (χ0v) is 41.8. The number of nitrogens with zero attached hydrogens (tertiary/aromatic N) is 5. The van der Waals surface area contributed by atoms with E-state index in [9.17, 15) is 33.6 Å². The first-order chi connectivity index (χ1) is 28.6. The highest BCUT2D eigenvalue weighted by Gasteiger charge is 2.45. The molecule has 0 aromatic heterocycles. The first-order valence-corrected chi connectivity index (χ1v) is 26.2. The molecule has 1 aliphatic rings. The lowest BCUT2D eigenvalue weighted by Gasteiger charge is -2.45. The van der Waals surface area contributed by atoms with Crippen molar-refractivity contribution in [3.05, 3.63) is 35.4 Å². The van der Waals surface area contributed by atoms with E-state index >= 15 is 0 Å². The monoisotopic (exact) mass is 886 g/mol. The summed E-state index contributed by atoms with van der Waals surface area (Å²) < 4.78 is 11.0. The lowest BCUT2D eigenvalue weighted by molar-refractivity contribution is -0.162. The molecule has 1 aromatic carbocycles. The molecule has 0 radical (unpaired) electrons. The van der Waals surface area contributed by atoms with Gasteiger partial charge in [-0.3, -0.25) is 28.8 Å². The van der Waals surface area contributed by atoms with Crippen LogP contribution in [0.1, 0.15) is 99.1 Å². The molecule has 5 amide bonds. The number of carbonyl (C=O) groups excluding carboxylic acids is 7. The number of hydrogen-bond acceptors (Lipinski definition) is 9. The number of rotatable bonds is 22. The molecular formula is C47H79N5O9Si. The summed E-state index contributed by atoms with van der Waals surface area (Å²) in [6.45, 7) is 25.4. The second-order valence-electron chi connectivity index (χ2n) is 19.9. The number of esters is 1. The number of likely N-dealkylation sites (tertiary alicyclic amines) is 1. The fraction of sp³-hybridized carbons (Fsp3) is 0.723. The third-order valence-corrected chi connectivity index (χ3v) is 13.5. The summed E-state index contributed by atoms with van der Waals surface area (Å²) in [6, 6.07) is 4.90. The number of hydrogen-bond donors (Lipinski definition) is 0. The van der Waals surface area contributed by atoms with Crippen LogP contribution in [0.3, 0.4) is 0 Å². The normalized spacial score (nSPS) is 16.5. The van der Waals surface area contributed by atoms with E-state index < -0.39 is 73.5 Å². The Bertz CT molecular complexity index is 1710. The summed E-state index contributed by atoms with van der Waals surface area (Å²) >= 11 is 0. The first kappa shape index (κ1) is 53.9. The van der Waals surface area contributed by atoms with E-state index in [0.29, 0.717) is 25.8 Å². The average molecular weight is 886 g/mol. The van der Waals surface area contributed by atoms with Gasteiger partial charge in [0.2, 0.25) is 23.6 Å². The molecule has 1 heterocycles. The molecule has 1 aliphatic heterocycles. The molecule has 0 bridgehead atoms. The third-order valence-electron chi connectivity index (χ3n) is 11.8. The molecule has 1 saturated heterocycles. The van der Waals surface area contributed by atoms with E-state index in [1.165, 1.54) is 31.5 Å². The second kappa shape index (κ2) is 23.4. The number of ether oxygens (including phenoxy) is 2. The molecule has 350 valence electrons. The topological polar surface area (TPSA) is 154 Å². The second-order valence-corrected chi connectivity index (χ2v) is 25.5. The zero-order chi connectivity index (χ0) is 47.4. The quantitative estimate of drug-likeness (QED) is 0.0945. The molecule has 0 unspecified atom stereocenters. The Morgan fingerprint density at radius 3 is 1.95 bits per heavy atom. The van der Waals surface area contributed by atoms with Gasteiger partial charge >= 0.3 is 12.1 Å². The van der Waals surface area contributed by atoms with Gasteiger partial charge in [-0.1, -0.05) is 83.6 Å². The van der Waals surface area contributed by atoms with Crippen LogP contribution >= 0.6 is 0 Å². The van der Waals surface area contributed by atoms with Gasteiger partial charge in [0, 0.05) is 61.1 Å². The molecule has 0 aliphatic carbocycles. The van der Waals surface area contributed by atoms with Crippen molar-refractivity contribution in [1.29, 1.82) is 0 Å². The van der Waals surface area contributed by atoms with Crippen molar-refractivity contribution < 1.29 is 43.0 Å². The Labute approximate surface area is 373 Å². The number of amides is 5. The first-order valence-electron chi connectivity index (χ1n) is 22.5. The minimum atomic E-state index is -1.45. The SMILES string of the molecule is CC[C@H](C)[C@H](CC(=O)[C@H](CC(C)C)N(C)C(=O)OCC[Si](C)(C)C)C(=O)N(C)[C@@H](C)C(=O)N1CC[C@H]1C(=O)N(CC)[C@@H](Cc1ccc(C)cc1)C(=O)N(C)CC(=O)OC(C)(C)C. The van der Waals surface area contributed by atoms with E-state index in [0.717, 1.165) is 17.2 Å². The van der Waals surface area contributed by atoms with Crippen molar-refractivity contribution >= 4 is 49.5 Å². The number of carbonyl (C=O) groups is 7. The number of aryl methyl sites for hydroxylation is 1. The molecule has 15 heteroatoms. The Morgan fingerprint density at radius 1 is 0.871 bits per heavy atom. The number of likely N-dealkylation sites (N-methyl/N-ethyl adjacent to an activating group) is 4. The fourth-order valence-corrected chi connectivity index (χ4v) is 8.17. The van der Waals surface area contributed by atoms with Gasteiger partial charge in [-0.25, -0.2) is 4.79 Å². The lowest BCUT2D eigenvalue weighted by Crippen LogP contribution is -2.65. The van der Waals surface area contributed by atoms with E-state index in [-0.39, 0.29) is 56.1 Å². The van der Waals surface area contributed by atoms with Gasteiger partial charge in [-0.15, -0.1) is 0 Å². The summed E-state index contributed by atoms with van der Waals surface area (Å²) in [6.07, 6.45) is 0.895. The van der Waals surface area contributed by atoms with Gasteiger partial charge in [0.1, 0.15) is 30.3 Å². The Morgan fingerprint density at radius 2 is 1.47 bits per heavy atom. The Kier molecular flexibility index (Phi) is 20.3. The molecule has 1 aromatic rings. The van der Waals surface area contributed by atoms with Crippen LogP contribution in [-0.2, 0) is 44.7 Å². The molecule has 0 spiro atoms.